The second-order valence-electron chi connectivity index (χ2n) is 5.64. The SMILES string of the molecule is CCC(O)CCCCCCCCCC(CC)S(=O)(=O)[O-].[Na+]. The van der Waals surface area contributed by atoms with Gasteiger partial charge in [0.25, 0.3) is 0 Å². The van der Waals surface area contributed by atoms with Crippen LogP contribution in [0.4, 0.5) is 0 Å². The van der Waals surface area contributed by atoms with Crippen LogP contribution in [0, 0.1) is 0 Å². The molecule has 0 aromatic carbocycles. The van der Waals surface area contributed by atoms with Crippen LogP contribution in [0.2, 0.25) is 0 Å². The van der Waals surface area contributed by atoms with Crippen molar-refractivity contribution in [1.82, 2.24) is 0 Å². The predicted molar refractivity (Wildman–Crippen MR) is 81.6 cm³/mol. The zero-order valence-corrected chi connectivity index (χ0v) is 16.8. The summed E-state index contributed by atoms with van der Waals surface area (Å²) in [7, 11) is -4.10. The fourth-order valence-corrected chi connectivity index (χ4v) is 3.26. The molecule has 0 aromatic rings. The van der Waals surface area contributed by atoms with Crippen LogP contribution in [-0.2, 0) is 10.1 Å². The third kappa shape index (κ3) is 14.2. The molecule has 2 unspecified atom stereocenters. The quantitative estimate of drug-likeness (QED) is 0.305. The molecule has 1 N–H and O–H groups in total. The minimum Gasteiger partial charge on any atom is -0.748 e. The molecule has 21 heavy (non-hydrogen) atoms. The van der Waals surface area contributed by atoms with Crippen molar-refractivity contribution in [3.05, 3.63) is 0 Å². The molecule has 0 aliphatic heterocycles. The molecular formula is C15H31NaO4S. The molecule has 0 heterocycles. The topological polar surface area (TPSA) is 77.4 Å². The third-order valence-corrected chi connectivity index (χ3v) is 5.28. The summed E-state index contributed by atoms with van der Waals surface area (Å²) >= 11 is 0. The first-order chi connectivity index (χ1) is 9.41. The molecule has 0 spiro atoms. The van der Waals surface area contributed by atoms with Crippen LogP contribution in [0.25, 0.3) is 0 Å². The molecular weight excluding hydrogens is 299 g/mol. The van der Waals surface area contributed by atoms with Crippen molar-refractivity contribution in [2.45, 2.75) is 95.8 Å². The number of rotatable bonds is 13. The van der Waals surface area contributed by atoms with Gasteiger partial charge in [0.15, 0.2) is 0 Å². The standard InChI is InChI=1S/C15H32O4S.Na/c1-3-14(16)12-10-8-6-5-7-9-11-13-15(4-2)20(17,18)19;/h14-16H,3-13H2,1-2H3,(H,17,18,19);/q;+1/p-1. The Morgan fingerprint density at radius 3 is 1.67 bits per heavy atom. The van der Waals surface area contributed by atoms with Crippen molar-refractivity contribution in [1.29, 1.82) is 0 Å². The molecule has 0 saturated carbocycles. The van der Waals surface area contributed by atoms with Crippen LogP contribution < -0.4 is 29.6 Å². The Bertz CT molecular complexity index is 320. The summed E-state index contributed by atoms with van der Waals surface area (Å²) in [6, 6.07) is 0. The number of hydrogen-bond acceptors (Lipinski definition) is 4. The van der Waals surface area contributed by atoms with Gasteiger partial charge < -0.3 is 9.66 Å². The van der Waals surface area contributed by atoms with Crippen molar-refractivity contribution in [3.63, 3.8) is 0 Å². The van der Waals surface area contributed by atoms with Gasteiger partial charge in [0.2, 0.25) is 0 Å². The van der Waals surface area contributed by atoms with Crippen LogP contribution in [0.15, 0.2) is 0 Å². The van der Waals surface area contributed by atoms with Crippen molar-refractivity contribution in [3.8, 4) is 0 Å². The maximum absolute atomic E-state index is 10.9. The van der Waals surface area contributed by atoms with Crippen molar-refractivity contribution in [2.75, 3.05) is 0 Å². The molecule has 4 nitrogen and oxygen atoms in total. The van der Waals surface area contributed by atoms with E-state index >= 15 is 0 Å². The number of hydrogen-bond donors (Lipinski definition) is 1. The van der Waals surface area contributed by atoms with E-state index in [9.17, 15) is 18.1 Å². The van der Waals surface area contributed by atoms with E-state index in [1.165, 1.54) is 6.42 Å². The second kappa shape index (κ2) is 14.5. The minimum atomic E-state index is -4.10. The minimum absolute atomic E-state index is 0. The fourth-order valence-electron chi connectivity index (χ4n) is 2.39. The fraction of sp³-hybridized carbons (Fsp3) is 1.00. The summed E-state index contributed by atoms with van der Waals surface area (Å²) in [5.41, 5.74) is 0. The van der Waals surface area contributed by atoms with Crippen LogP contribution in [0.3, 0.4) is 0 Å². The summed E-state index contributed by atoms with van der Waals surface area (Å²) in [5, 5.41) is 8.70. The molecule has 0 aromatic heterocycles. The van der Waals surface area contributed by atoms with E-state index in [-0.39, 0.29) is 35.7 Å². The van der Waals surface area contributed by atoms with Gasteiger partial charge in [-0.2, -0.15) is 0 Å². The van der Waals surface area contributed by atoms with Gasteiger partial charge >= 0.3 is 29.6 Å². The first kappa shape index (κ1) is 24.1. The number of unbranched alkanes of at least 4 members (excludes halogenated alkanes) is 6. The molecule has 2 atom stereocenters. The van der Waals surface area contributed by atoms with Crippen molar-refractivity contribution in [2.24, 2.45) is 0 Å². The molecule has 122 valence electrons. The third-order valence-electron chi connectivity index (χ3n) is 3.90. The van der Waals surface area contributed by atoms with E-state index in [1.807, 2.05) is 6.92 Å². The molecule has 0 fully saturated rings. The summed E-state index contributed by atoms with van der Waals surface area (Å²) in [6.45, 7) is 3.75. The summed E-state index contributed by atoms with van der Waals surface area (Å²) in [6.07, 6.45) is 10.0. The van der Waals surface area contributed by atoms with E-state index in [0.29, 0.717) is 12.8 Å². The Labute approximate surface area is 153 Å². The first-order valence-corrected chi connectivity index (χ1v) is 9.51. The van der Waals surface area contributed by atoms with Gasteiger partial charge in [-0.3, -0.25) is 0 Å². The Hall–Kier alpha value is 0.870. The Balaban J connectivity index is 0. The predicted octanol–water partition coefficient (Wildman–Crippen LogP) is 0.596. The van der Waals surface area contributed by atoms with Crippen LogP contribution >= 0.6 is 0 Å². The number of aliphatic hydroxyl groups excluding tert-OH is 1. The molecule has 0 aliphatic carbocycles. The van der Waals surface area contributed by atoms with E-state index in [2.05, 4.69) is 0 Å². The summed E-state index contributed by atoms with van der Waals surface area (Å²) in [5.74, 6) is 0. The normalized spacial score (nSPS) is 14.5. The Morgan fingerprint density at radius 1 is 0.857 bits per heavy atom. The molecule has 6 heteroatoms. The van der Waals surface area contributed by atoms with E-state index < -0.39 is 15.4 Å². The van der Waals surface area contributed by atoms with Gasteiger partial charge in [0.05, 0.1) is 16.2 Å². The summed E-state index contributed by atoms with van der Waals surface area (Å²) < 4.78 is 32.7. The van der Waals surface area contributed by atoms with E-state index in [0.717, 1.165) is 51.4 Å². The summed E-state index contributed by atoms with van der Waals surface area (Å²) in [4.78, 5) is 0. The smallest absolute Gasteiger partial charge is 0.748 e. The van der Waals surface area contributed by atoms with Crippen LogP contribution in [0.1, 0.15) is 84.5 Å². The Morgan fingerprint density at radius 2 is 1.29 bits per heavy atom. The van der Waals surface area contributed by atoms with Gasteiger partial charge in [-0.25, -0.2) is 8.42 Å². The van der Waals surface area contributed by atoms with Crippen molar-refractivity contribution >= 4 is 10.1 Å². The average Bonchev–Trinajstić information content (AvgIpc) is 2.39. The average molecular weight is 330 g/mol. The second-order valence-corrected chi connectivity index (χ2v) is 7.29. The maximum Gasteiger partial charge on any atom is 1.00 e. The molecule has 0 bridgehead atoms. The van der Waals surface area contributed by atoms with Gasteiger partial charge in [-0.15, -0.1) is 0 Å². The number of aliphatic hydroxyl groups is 1. The van der Waals surface area contributed by atoms with E-state index in [1.54, 1.807) is 6.92 Å². The van der Waals surface area contributed by atoms with Gasteiger partial charge in [-0.05, 0) is 25.7 Å². The zero-order chi connectivity index (χ0) is 15.4. The van der Waals surface area contributed by atoms with E-state index in [4.69, 9.17) is 0 Å². The van der Waals surface area contributed by atoms with Gasteiger partial charge in [-0.1, -0.05) is 58.8 Å². The molecule has 0 amide bonds. The zero-order valence-electron chi connectivity index (χ0n) is 14.0. The first-order valence-electron chi connectivity index (χ1n) is 8.04. The largest absolute Gasteiger partial charge is 1.00 e. The van der Waals surface area contributed by atoms with Crippen LogP contribution in [0.5, 0.6) is 0 Å². The monoisotopic (exact) mass is 330 g/mol. The van der Waals surface area contributed by atoms with Crippen molar-refractivity contribution < 1.29 is 47.6 Å². The molecule has 0 radical (unpaired) electrons. The maximum atomic E-state index is 10.9. The van der Waals surface area contributed by atoms with Gasteiger partial charge in [0, 0.05) is 5.25 Å². The van der Waals surface area contributed by atoms with Gasteiger partial charge in [0.1, 0.15) is 0 Å². The molecule has 0 aliphatic rings. The molecule has 0 rings (SSSR count). The molecule has 0 saturated heterocycles. The van der Waals surface area contributed by atoms with Crippen LogP contribution in [-0.4, -0.2) is 29.4 Å². The Kier molecular flexibility index (Phi) is 16.6.